The van der Waals surface area contributed by atoms with Crippen molar-refractivity contribution in [3.05, 3.63) is 51.2 Å². The summed E-state index contributed by atoms with van der Waals surface area (Å²) in [7, 11) is 0. The minimum atomic E-state index is -4.77. The van der Waals surface area contributed by atoms with E-state index in [1.165, 1.54) is 11.3 Å². The molecule has 0 bridgehead atoms. The number of alkyl halides is 3. The maximum atomic E-state index is 13.4. The summed E-state index contributed by atoms with van der Waals surface area (Å²) >= 11 is 1.36. The zero-order chi connectivity index (χ0) is 14.9. The first-order valence-corrected chi connectivity index (χ1v) is 6.46. The van der Waals surface area contributed by atoms with Gasteiger partial charge in [0.05, 0.1) is 22.7 Å². The lowest BCUT2D eigenvalue weighted by molar-refractivity contribution is -0.140. The van der Waals surface area contributed by atoms with Gasteiger partial charge in [-0.05, 0) is 19.1 Å². The van der Waals surface area contributed by atoms with E-state index in [4.69, 9.17) is 0 Å². The molecule has 0 saturated heterocycles. The summed E-state index contributed by atoms with van der Waals surface area (Å²) in [5.74, 6) is -1.92. The van der Waals surface area contributed by atoms with Gasteiger partial charge in [0, 0.05) is 10.9 Å². The highest BCUT2D eigenvalue weighted by Crippen LogP contribution is 2.31. The van der Waals surface area contributed by atoms with Crippen molar-refractivity contribution >= 4 is 17.1 Å². The van der Waals surface area contributed by atoms with Crippen LogP contribution in [0.2, 0.25) is 0 Å². The van der Waals surface area contributed by atoms with Gasteiger partial charge in [-0.3, -0.25) is 4.79 Å². The third-order valence-electron chi connectivity index (χ3n) is 2.60. The van der Waals surface area contributed by atoms with E-state index in [0.717, 1.165) is 11.1 Å². The van der Waals surface area contributed by atoms with Gasteiger partial charge in [-0.1, -0.05) is 6.07 Å². The number of carbonyl (C=O) groups excluding carboxylic acids is 1. The summed E-state index contributed by atoms with van der Waals surface area (Å²) in [6.07, 6.45) is -4.83. The molecule has 0 atom stereocenters. The maximum Gasteiger partial charge on any atom is 0.419 e. The number of aromatic nitrogens is 1. The molecule has 1 aromatic heterocycles. The topological polar surface area (TPSA) is 30.0 Å². The Kier molecular flexibility index (Phi) is 3.89. The summed E-state index contributed by atoms with van der Waals surface area (Å²) in [5, 5.41) is 2.47. The Hall–Kier alpha value is -1.76. The molecule has 0 amide bonds. The van der Waals surface area contributed by atoms with Gasteiger partial charge in [0.1, 0.15) is 5.82 Å². The number of nitrogens with zero attached hydrogens (tertiary/aromatic N) is 1. The van der Waals surface area contributed by atoms with Gasteiger partial charge in [-0.2, -0.15) is 13.2 Å². The van der Waals surface area contributed by atoms with E-state index in [-0.39, 0.29) is 12.0 Å². The molecule has 0 N–H and O–H groups in total. The molecule has 1 heterocycles. The summed E-state index contributed by atoms with van der Waals surface area (Å²) in [4.78, 5) is 15.9. The smallest absolute Gasteiger partial charge is 0.294 e. The molecule has 7 heteroatoms. The molecule has 2 aromatic rings. The second-order valence-electron chi connectivity index (χ2n) is 4.15. The fraction of sp³-hybridized carbons (Fsp3) is 0.231. The van der Waals surface area contributed by atoms with Crippen molar-refractivity contribution in [2.24, 2.45) is 0 Å². The number of ketones is 1. The lowest BCUT2D eigenvalue weighted by atomic mass is 10.0. The molecule has 0 saturated carbocycles. The van der Waals surface area contributed by atoms with Crippen LogP contribution in [0.1, 0.15) is 26.6 Å². The van der Waals surface area contributed by atoms with Crippen molar-refractivity contribution in [1.29, 1.82) is 0 Å². The van der Waals surface area contributed by atoms with E-state index in [1.807, 2.05) is 0 Å². The van der Waals surface area contributed by atoms with E-state index in [1.54, 1.807) is 12.3 Å². The normalized spacial score (nSPS) is 11.7. The predicted molar refractivity (Wildman–Crippen MR) is 66.3 cm³/mol. The second kappa shape index (κ2) is 5.32. The Morgan fingerprint density at radius 2 is 2.05 bits per heavy atom. The van der Waals surface area contributed by atoms with Gasteiger partial charge in [0.25, 0.3) is 0 Å². The van der Waals surface area contributed by atoms with Crippen molar-refractivity contribution in [3.63, 3.8) is 0 Å². The first kappa shape index (κ1) is 14.6. The van der Waals surface area contributed by atoms with Crippen LogP contribution in [-0.2, 0) is 12.6 Å². The molecule has 0 fully saturated rings. The molecule has 0 aliphatic heterocycles. The maximum absolute atomic E-state index is 13.4. The highest BCUT2D eigenvalue weighted by atomic mass is 32.1. The van der Waals surface area contributed by atoms with Crippen molar-refractivity contribution < 1.29 is 22.4 Å². The fourth-order valence-electron chi connectivity index (χ4n) is 1.67. The molecular formula is C13H9F4NOS. The average Bonchev–Trinajstić information content (AvgIpc) is 2.73. The van der Waals surface area contributed by atoms with Crippen LogP contribution in [0.5, 0.6) is 0 Å². The quantitative estimate of drug-likeness (QED) is 0.633. The minimum absolute atomic E-state index is 0.0604. The predicted octanol–water partition coefficient (Wildman–Crippen LogP) is 4.03. The number of thiazole rings is 1. The van der Waals surface area contributed by atoms with Gasteiger partial charge < -0.3 is 0 Å². The number of hydrogen-bond donors (Lipinski definition) is 0. The average molecular weight is 303 g/mol. The van der Waals surface area contributed by atoms with Gasteiger partial charge in [-0.15, -0.1) is 11.3 Å². The summed E-state index contributed by atoms with van der Waals surface area (Å²) in [5.41, 5.74) is -0.947. The first-order chi connectivity index (χ1) is 9.27. The standard InChI is InChI=1S/C13H9F4NOS/c1-7-18-9(6-20-7)5-12(19)8-2-3-10(11(14)4-8)13(15,16)17/h2-4,6H,5H2,1H3. The third kappa shape index (κ3) is 3.22. The molecule has 0 aliphatic carbocycles. The first-order valence-electron chi connectivity index (χ1n) is 5.58. The van der Waals surface area contributed by atoms with Crippen LogP contribution in [0.25, 0.3) is 0 Å². The van der Waals surface area contributed by atoms with Crippen LogP contribution in [0, 0.1) is 12.7 Å². The number of halogens is 4. The molecule has 20 heavy (non-hydrogen) atoms. The molecule has 1 aromatic carbocycles. The van der Waals surface area contributed by atoms with E-state index in [9.17, 15) is 22.4 Å². The molecular weight excluding hydrogens is 294 g/mol. The van der Waals surface area contributed by atoms with E-state index < -0.39 is 23.3 Å². The number of aryl methyl sites for hydroxylation is 1. The molecule has 2 nitrogen and oxygen atoms in total. The molecule has 2 rings (SSSR count). The molecule has 0 spiro atoms. The number of benzene rings is 1. The van der Waals surface area contributed by atoms with Crippen molar-refractivity contribution in [2.75, 3.05) is 0 Å². The monoisotopic (exact) mass is 303 g/mol. The largest absolute Gasteiger partial charge is 0.419 e. The number of hydrogen-bond acceptors (Lipinski definition) is 3. The lowest BCUT2D eigenvalue weighted by Gasteiger charge is -2.08. The van der Waals surface area contributed by atoms with E-state index in [2.05, 4.69) is 4.98 Å². The number of Topliss-reactive ketones (excluding diaryl/α,β-unsaturated/α-hetero) is 1. The van der Waals surface area contributed by atoms with E-state index >= 15 is 0 Å². The van der Waals surface area contributed by atoms with Crippen LogP contribution in [0.15, 0.2) is 23.6 Å². The summed E-state index contributed by atoms with van der Waals surface area (Å²) in [6.45, 7) is 1.77. The van der Waals surface area contributed by atoms with Crippen LogP contribution >= 0.6 is 11.3 Å². The Balaban J connectivity index is 2.21. The zero-order valence-corrected chi connectivity index (χ0v) is 11.1. The Morgan fingerprint density at radius 1 is 1.35 bits per heavy atom. The van der Waals surface area contributed by atoms with Crippen LogP contribution in [0.3, 0.4) is 0 Å². The third-order valence-corrected chi connectivity index (χ3v) is 3.43. The van der Waals surface area contributed by atoms with Gasteiger partial charge in [0.15, 0.2) is 5.78 Å². The molecule has 0 aliphatic rings. The van der Waals surface area contributed by atoms with Gasteiger partial charge >= 0.3 is 6.18 Å². The van der Waals surface area contributed by atoms with Gasteiger partial charge in [0.2, 0.25) is 0 Å². The molecule has 0 radical (unpaired) electrons. The van der Waals surface area contributed by atoms with E-state index in [0.29, 0.717) is 17.8 Å². The molecule has 0 unspecified atom stereocenters. The molecule has 106 valence electrons. The summed E-state index contributed by atoms with van der Waals surface area (Å²) in [6, 6.07) is 2.17. The van der Waals surface area contributed by atoms with Crippen LogP contribution < -0.4 is 0 Å². The van der Waals surface area contributed by atoms with Gasteiger partial charge in [-0.25, -0.2) is 9.37 Å². The number of rotatable bonds is 3. The second-order valence-corrected chi connectivity index (χ2v) is 5.21. The van der Waals surface area contributed by atoms with Crippen LogP contribution in [0.4, 0.5) is 17.6 Å². The van der Waals surface area contributed by atoms with Crippen LogP contribution in [-0.4, -0.2) is 10.8 Å². The highest BCUT2D eigenvalue weighted by Gasteiger charge is 2.34. The van der Waals surface area contributed by atoms with Crippen molar-refractivity contribution in [1.82, 2.24) is 4.98 Å². The highest BCUT2D eigenvalue weighted by molar-refractivity contribution is 7.09. The minimum Gasteiger partial charge on any atom is -0.294 e. The summed E-state index contributed by atoms with van der Waals surface area (Å²) < 4.78 is 50.6. The fourth-order valence-corrected chi connectivity index (χ4v) is 2.29. The van der Waals surface area contributed by atoms with Crippen molar-refractivity contribution in [3.8, 4) is 0 Å². The Bertz CT molecular complexity index is 648. The van der Waals surface area contributed by atoms with Crippen molar-refractivity contribution in [2.45, 2.75) is 19.5 Å². The lowest BCUT2D eigenvalue weighted by Crippen LogP contribution is -2.10. The zero-order valence-electron chi connectivity index (χ0n) is 10.3. The SMILES string of the molecule is Cc1nc(CC(=O)c2ccc(C(F)(F)F)c(F)c2)cs1. The number of carbonyl (C=O) groups is 1. The Morgan fingerprint density at radius 3 is 2.55 bits per heavy atom. The Labute approximate surface area is 116 Å².